The molecule has 0 aliphatic carbocycles. The Hall–Kier alpha value is -1.56. The molecule has 4 nitrogen and oxygen atoms in total. The molecule has 1 aromatic heterocycles. The second kappa shape index (κ2) is 5.02. The summed E-state index contributed by atoms with van der Waals surface area (Å²) in [5.41, 5.74) is 2.01. The summed E-state index contributed by atoms with van der Waals surface area (Å²) in [5.74, 6) is 0.567. The van der Waals surface area contributed by atoms with Crippen molar-refractivity contribution >= 4 is 44.1 Å². The van der Waals surface area contributed by atoms with Crippen molar-refractivity contribution in [2.24, 2.45) is 0 Å². The molecule has 7 heteroatoms. The van der Waals surface area contributed by atoms with Gasteiger partial charge in [0.25, 0.3) is 0 Å². The van der Waals surface area contributed by atoms with E-state index in [4.69, 9.17) is 23.2 Å². The zero-order valence-corrected chi connectivity index (χ0v) is 13.2. The summed E-state index contributed by atoms with van der Waals surface area (Å²) < 4.78 is 23.1. The van der Waals surface area contributed by atoms with E-state index in [0.717, 1.165) is 0 Å². The van der Waals surface area contributed by atoms with Gasteiger partial charge in [-0.1, -0.05) is 23.2 Å². The lowest BCUT2D eigenvalue weighted by atomic mass is 10.2. The molecule has 0 aliphatic heterocycles. The summed E-state index contributed by atoms with van der Waals surface area (Å²) in [6.07, 6.45) is 1.17. The first-order valence-corrected chi connectivity index (χ1v) is 8.64. The Morgan fingerprint density at radius 1 is 1.10 bits per heavy atom. The minimum atomic E-state index is -3.25. The summed E-state index contributed by atoms with van der Waals surface area (Å²) in [5, 5.41) is 1.02. The molecule has 0 radical (unpaired) electrons. The number of sulfone groups is 1. The van der Waals surface area contributed by atoms with E-state index in [1.165, 1.54) is 12.3 Å². The van der Waals surface area contributed by atoms with Crippen LogP contribution in [0, 0.1) is 0 Å². The number of aromatic amines is 1. The van der Waals surface area contributed by atoms with Crippen molar-refractivity contribution in [3.63, 3.8) is 0 Å². The summed E-state index contributed by atoms with van der Waals surface area (Å²) >= 11 is 12.0. The van der Waals surface area contributed by atoms with Gasteiger partial charge in [-0.05, 0) is 36.4 Å². The first-order chi connectivity index (χ1) is 9.84. The van der Waals surface area contributed by atoms with Gasteiger partial charge in [-0.15, -0.1) is 0 Å². The quantitative estimate of drug-likeness (QED) is 0.768. The lowest BCUT2D eigenvalue weighted by molar-refractivity contribution is 0.602. The second-order valence-electron chi connectivity index (χ2n) is 4.66. The van der Waals surface area contributed by atoms with Crippen molar-refractivity contribution in [2.45, 2.75) is 4.90 Å². The highest BCUT2D eigenvalue weighted by Gasteiger charge is 2.12. The number of imidazole rings is 1. The summed E-state index contributed by atoms with van der Waals surface area (Å²) in [4.78, 5) is 7.74. The van der Waals surface area contributed by atoms with E-state index in [1.54, 1.807) is 30.3 Å². The maximum Gasteiger partial charge on any atom is 0.175 e. The number of rotatable bonds is 2. The number of nitrogens with zero attached hydrogens (tertiary/aromatic N) is 1. The number of aromatic nitrogens is 2. The number of H-pyrrole nitrogens is 1. The highest BCUT2D eigenvalue weighted by atomic mass is 35.5. The molecule has 1 N–H and O–H groups in total. The van der Waals surface area contributed by atoms with E-state index in [2.05, 4.69) is 9.97 Å². The maximum absolute atomic E-state index is 11.6. The van der Waals surface area contributed by atoms with Crippen LogP contribution < -0.4 is 0 Å². The van der Waals surface area contributed by atoms with E-state index in [1.807, 2.05) is 0 Å². The van der Waals surface area contributed by atoms with Gasteiger partial charge in [0.15, 0.2) is 9.84 Å². The third-order valence-corrected chi connectivity index (χ3v) is 4.73. The van der Waals surface area contributed by atoms with E-state index < -0.39 is 9.84 Å². The first kappa shape index (κ1) is 14.4. The molecule has 0 atom stereocenters. The SMILES string of the molecule is CS(=O)(=O)c1ccc2nc(-c3ccc(Cl)cc3Cl)[nH]c2c1. The van der Waals surface area contributed by atoms with Crippen LogP contribution >= 0.6 is 23.2 Å². The van der Waals surface area contributed by atoms with E-state index >= 15 is 0 Å². The molecule has 1 heterocycles. The van der Waals surface area contributed by atoms with Gasteiger partial charge in [-0.3, -0.25) is 0 Å². The molecule has 0 saturated heterocycles. The number of hydrogen-bond acceptors (Lipinski definition) is 3. The fourth-order valence-corrected chi connectivity index (χ4v) is 3.17. The molecule has 0 unspecified atom stereocenters. The lowest BCUT2D eigenvalue weighted by Gasteiger charge is -2.00. The minimum Gasteiger partial charge on any atom is -0.338 e. The van der Waals surface area contributed by atoms with Gasteiger partial charge in [-0.2, -0.15) is 0 Å². The fourth-order valence-electron chi connectivity index (χ4n) is 2.03. The van der Waals surface area contributed by atoms with Crippen LogP contribution in [0.15, 0.2) is 41.3 Å². The molecule has 0 saturated carbocycles. The molecule has 0 bridgehead atoms. The Morgan fingerprint density at radius 2 is 1.86 bits per heavy atom. The smallest absolute Gasteiger partial charge is 0.175 e. The normalized spacial score (nSPS) is 12.0. The third-order valence-electron chi connectivity index (χ3n) is 3.07. The predicted octanol–water partition coefficient (Wildman–Crippen LogP) is 3.94. The van der Waals surface area contributed by atoms with Crippen LogP contribution in [0.3, 0.4) is 0 Å². The van der Waals surface area contributed by atoms with Crippen LogP contribution in [0.4, 0.5) is 0 Å². The molecular formula is C14H10Cl2N2O2S. The maximum atomic E-state index is 11.6. The predicted molar refractivity (Wildman–Crippen MR) is 84.7 cm³/mol. The Balaban J connectivity index is 2.17. The Kier molecular flexibility index (Phi) is 3.43. The number of halogens is 2. The fraction of sp³-hybridized carbons (Fsp3) is 0.0714. The third kappa shape index (κ3) is 2.77. The highest BCUT2D eigenvalue weighted by Crippen LogP contribution is 2.30. The van der Waals surface area contributed by atoms with Crippen LogP contribution in [0.2, 0.25) is 10.0 Å². The molecule has 21 heavy (non-hydrogen) atoms. The Labute approximate surface area is 131 Å². The molecule has 0 amide bonds. The molecule has 0 spiro atoms. The Bertz CT molecular complexity index is 949. The van der Waals surface area contributed by atoms with Crippen molar-refractivity contribution in [1.29, 1.82) is 0 Å². The standard InChI is InChI=1S/C14H10Cl2N2O2S/c1-21(19,20)9-3-5-12-13(7-9)18-14(17-12)10-4-2-8(15)6-11(10)16/h2-7H,1H3,(H,17,18). The van der Waals surface area contributed by atoms with Gasteiger partial charge in [0.1, 0.15) is 5.82 Å². The first-order valence-electron chi connectivity index (χ1n) is 6.00. The van der Waals surface area contributed by atoms with E-state index in [9.17, 15) is 8.42 Å². The number of benzene rings is 2. The average Bonchev–Trinajstić information content (AvgIpc) is 2.79. The van der Waals surface area contributed by atoms with E-state index in [-0.39, 0.29) is 4.90 Å². The van der Waals surface area contributed by atoms with Crippen molar-refractivity contribution < 1.29 is 8.42 Å². The topological polar surface area (TPSA) is 62.8 Å². The van der Waals surface area contributed by atoms with Crippen LogP contribution in [-0.4, -0.2) is 24.6 Å². The zero-order valence-electron chi connectivity index (χ0n) is 10.9. The van der Waals surface area contributed by atoms with Gasteiger partial charge in [-0.25, -0.2) is 13.4 Å². The highest BCUT2D eigenvalue weighted by molar-refractivity contribution is 7.90. The molecular weight excluding hydrogens is 331 g/mol. The van der Waals surface area contributed by atoms with Crippen LogP contribution in [0.1, 0.15) is 0 Å². The monoisotopic (exact) mass is 340 g/mol. The molecule has 3 aromatic rings. The molecule has 108 valence electrons. The molecule has 0 fully saturated rings. The van der Waals surface area contributed by atoms with Gasteiger partial charge < -0.3 is 4.98 Å². The second-order valence-corrected chi connectivity index (χ2v) is 7.52. The lowest BCUT2D eigenvalue weighted by Crippen LogP contribution is -1.96. The largest absolute Gasteiger partial charge is 0.338 e. The summed E-state index contributed by atoms with van der Waals surface area (Å²) in [6.45, 7) is 0. The van der Waals surface area contributed by atoms with Gasteiger partial charge in [0.05, 0.1) is 21.0 Å². The van der Waals surface area contributed by atoms with Crippen LogP contribution in [0.5, 0.6) is 0 Å². The van der Waals surface area contributed by atoms with Crippen molar-refractivity contribution in [1.82, 2.24) is 9.97 Å². The van der Waals surface area contributed by atoms with Crippen molar-refractivity contribution in [3.05, 3.63) is 46.4 Å². The minimum absolute atomic E-state index is 0.243. The van der Waals surface area contributed by atoms with Crippen molar-refractivity contribution in [3.8, 4) is 11.4 Å². The summed E-state index contributed by atoms with van der Waals surface area (Å²) in [6, 6.07) is 9.87. The number of fused-ring (bicyclic) bond motifs is 1. The van der Waals surface area contributed by atoms with Crippen LogP contribution in [-0.2, 0) is 9.84 Å². The molecule has 2 aromatic carbocycles. The van der Waals surface area contributed by atoms with E-state index in [0.29, 0.717) is 32.5 Å². The molecule has 0 aliphatic rings. The van der Waals surface area contributed by atoms with Crippen LogP contribution in [0.25, 0.3) is 22.4 Å². The molecule has 3 rings (SSSR count). The Morgan fingerprint density at radius 3 is 2.52 bits per heavy atom. The van der Waals surface area contributed by atoms with Gasteiger partial charge in [0.2, 0.25) is 0 Å². The number of hydrogen-bond donors (Lipinski definition) is 1. The average molecular weight is 341 g/mol. The van der Waals surface area contributed by atoms with Gasteiger partial charge >= 0.3 is 0 Å². The number of nitrogens with one attached hydrogen (secondary N) is 1. The zero-order chi connectivity index (χ0) is 15.2. The summed E-state index contributed by atoms with van der Waals surface area (Å²) in [7, 11) is -3.25. The van der Waals surface area contributed by atoms with Crippen molar-refractivity contribution in [2.75, 3.05) is 6.26 Å². The van der Waals surface area contributed by atoms with Gasteiger partial charge in [0, 0.05) is 16.8 Å².